The summed E-state index contributed by atoms with van der Waals surface area (Å²) in [5, 5.41) is 6.69. The molecule has 0 bridgehead atoms. The van der Waals surface area contributed by atoms with Crippen LogP contribution < -0.4 is 10.6 Å². The molecule has 2 heterocycles. The second-order valence-corrected chi connectivity index (χ2v) is 10.1. The number of hydrogen-bond acceptors (Lipinski definition) is 6. The largest absolute Gasteiger partial charge is 0.456 e. The number of ether oxygens (including phenoxy) is 2. The van der Waals surface area contributed by atoms with E-state index in [-0.39, 0.29) is 23.0 Å². The molecule has 2 saturated heterocycles. The highest BCUT2D eigenvalue weighted by molar-refractivity contribution is 6.03. The minimum absolute atomic E-state index is 0.277. The maximum absolute atomic E-state index is 13.2. The van der Waals surface area contributed by atoms with E-state index in [0.29, 0.717) is 0 Å². The van der Waals surface area contributed by atoms with Gasteiger partial charge in [0.25, 0.3) is 0 Å². The SMILES string of the molecule is Cc1ccc(C(=O)OC(C)(C)C2CCNCC2)c(C(=O)OC(C)(C)C2CCNCC2)c1. The van der Waals surface area contributed by atoms with Gasteiger partial charge in [-0.1, -0.05) is 11.6 Å². The fourth-order valence-corrected chi connectivity index (χ4v) is 4.79. The number of hydrogen-bond donors (Lipinski definition) is 2. The van der Waals surface area contributed by atoms with Gasteiger partial charge in [0.15, 0.2) is 0 Å². The fraction of sp³-hybridized carbons (Fsp3) is 0.680. The van der Waals surface area contributed by atoms with Gasteiger partial charge in [-0.15, -0.1) is 0 Å². The third-order valence-corrected chi connectivity index (χ3v) is 6.97. The predicted octanol–water partition coefficient (Wildman–Crippen LogP) is 3.87. The van der Waals surface area contributed by atoms with E-state index in [1.165, 1.54) is 0 Å². The molecule has 2 aliphatic rings. The Morgan fingerprint density at radius 2 is 1.19 bits per heavy atom. The van der Waals surface area contributed by atoms with Gasteiger partial charge in [0.2, 0.25) is 0 Å². The molecule has 0 unspecified atom stereocenters. The van der Waals surface area contributed by atoms with Crippen LogP contribution in [-0.4, -0.2) is 49.3 Å². The third-order valence-electron chi connectivity index (χ3n) is 6.97. The molecule has 1 aromatic rings. The lowest BCUT2D eigenvalue weighted by molar-refractivity contribution is -0.0406. The first-order valence-corrected chi connectivity index (χ1v) is 11.6. The molecule has 0 atom stereocenters. The van der Waals surface area contributed by atoms with E-state index in [1.54, 1.807) is 12.1 Å². The van der Waals surface area contributed by atoms with Crippen molar-refractivity contribution < 1.29 is 19.1 Å². The van der Waals surface area contributed by atoms with Crippen molar-refractivity contribution in [1.29, 1.82) is 0 Å². The van der Waals surface area contributed by atoms with Gasteiger partial charge in [0.05, 0.1) is 11.1 Å². The molecular formula is C25H38N2O4. The minimum Gasteiger partial charge on any atom is -0.456 e. The average Bonchev–Trinajstić information content (AvgIpc) is 2.74. The Bertz CT molecular complexity index is 791. The summed E-state index contributed by atoms with van der Waals surface area (Å²) in [7, 11) is 0. The Balaban J connectivity index is 1.77. The highest BCUT2D eigenvalue weighted by Gasteiger charge is 2.37. The monoisotopic (exact) mass is 430 g/mol. The molecule has 6 nitrogen and oxygen atoms in total. The number of esters is 2. The Hall–Kier alpha value is -1.92. The van der Waals surface area contributed by atoms with Crippen LogP contribution >= 0.6 is 0 Å². The molecule has 2 N–H and O–H groups in total. The van der Waals surface area contributed by atoms with Gasteiger partial charge in [-0.05, 0) is 98.6 Å². The van der Waals surface area contributed by atoms with E-state index in [9.17, 15) is 9.59 Å². The van der Waals surface area contributed by atoms with E-state index in [2.05, 4.69) is 10.6 Å². The van der Waals surface area contributed by atoms with Crippen LogP contribution in [0.4, 0.5) is 0 Å². The quantitative estimate of drug-likeness (QED) is 0.668. The fourth-order valence-electron chi connectivity index (χ4n) is 4.79. The minimum atomic E-state index is -0.599. The van der Waals surface area contributed by atoms with Crippen LogP contribution in [0.5, 0.6) is 0 Å². The summed E-state index contributed by atoms with van der Waals surface area (Å²) in [6.07, 6.45) is 3.86. The molecule has 0 saturated carbocycles. The Labute approximate surface area is 186 Å². The maximum atomic E-state index is 13.2. The van der Waals surface area contributed by atoms with E-state index in [4.69, 9.17) is 9.47 Å². The summed E-state index contributed by atoms with van der Waals surface area (Å²) in [6, 6.07) is 5.25. The van der Waals surface area contributed by atoms with Crippen LogP contribution in [0, 0.1) is 18.8 Å². The molecule has 31 heavy (non-hydrogen) atoms. The van der Waals surface area contributed by atoms with E-state index < -0.39 is 23.1 Å². The molecule has 0 spiro atoms. The smallest absolute Gasteiger partial charge is 0.339 e. The average molecular weight is 431 g/mol. The van der Waals surface area contributed by atoms with E-state index >= 15 is 0 Å². The second-order valence-electron chi connectivity index (χ2n) is 10.1. The van der Waals surface area contributed by atoms with Gasteiger partial charge in [-0.25, -0.2) is 9.59 Å². The normalized spacial score (nSPS) is 19.1. The molecule has 0 radical (unpaired) electrons. The number of aryl methyl sites for hydroxylation is 1. The predicted molar refractivity (Wildman–Crippen MR) is 121 cm³/mol. The second kappa shape index (κ2) is 9.70. The van der Waals surface area contributed by atoms with Gasteiger partial charge < -0.3 is 20.1 Å². The summed E-state index contributed by atoms with van der Waals surface area (Å²) >= 11 is 0. The zero-order chi connectivity index (χ0) is 22.6. The van der Waals surface area contributed by atoms with Gasteiger partial charge in [-0.3, -0.25) is 0 Å². The molecule has 172 valence electrons. The zero-order valence-corrected chi connectivity index (χ0v) is 19.7. The van der Waals surface area contributed by atoms with Gasteiger partial charge >= 0.3 is 11.9 Å². The number of rotatable bonds is 6. The number of nitrogens with one attached hydrogen (secondary N) is 2. The van der Waals surface area contributed by atoms with Crippen LogP contribution in [-0.2, 0) is 9.47 Å². The summed E-state index contributed by atoms with van der Waals surface area (Å²) < 4.78 is 11.9. The Kier molecular flexibility index (Phi) is 7.43. The Morgan fingerprint density at radius 1 is 0.774 bits per heavy atom. The number of piperidine rings is 2. The Morgan fingerprint density at radius 3 is 1.65 bits per heavy atom. The van der Waals surface area contributed by atoms with Crippen LogP contribution in [0.2, 0.25) is 0 Å². The van der Waals surface area contributed by atoms with Crippen LogP contribution in [0.25, 0.3) is 0 Å². The molecule has 0 aromatic heterocycles. The first-order valence-electron chi connectivity index (χ1n) is 11.6. The van der Waals surface area contributed by atoms with Crippen molar-refractivity contribution in [1.82, 2.24) is 10.6 Å². The lowest BCUT2D eigenvalue weighted by Gasteiger charge is -2.37. The van der Waals surface area contributed by atoms with Crippen molar-refractivity contribution in [3.63, 3.8) is 0 Å². The first-order chi connectivity index (χ1) is 14.6. The molecule has 6 heteroatoms. The summed E-state index contributed by atoms with van der Waals surface area (Å²) in [5.74, 6) is -0.344. The van der Waals surface area contributed by atoms with Gasteiger partial charge in [0, 0.05) is 11.8 Å². The molecule has 2 fully saturated rings. The van der Waals surface area contributed by atoms with Crippen molar-refractivity contribution in [2.75, 3.05) is 26.2 Å². The van der Waals surface area contributed by atoms with Crippen LogP contribution in [0.3, 0.4) is 0 Å². The van der Waals surface area contributed by atoms with Crippen LogP contribution in [0.15, 0.2) is 18.2 Å². The molecule has 0 aliphatic carbocycles. The molecule has 3 rings (SSSR count). The molecule has 2 aliphatic heterocycles. The molecule has 1 aromatic carbocycles. The van der Waals surface area contributed by atoms with Crippen molar-refractivity contribution >= 4 is 11.9 Å². The maximum Gasteiger partial charge on any atom is 0.339 e. The lowest BCUT2D eigenvalue weighted by atomic mass is 9.83. The molecular weight excluding hydrogens is 392 g/mol. The van der Waals surface area contributed by atoms with Crippen molar-refractivity contribution in [3.8, 4) is 0 Å². The third kappa shape index (κ3) is 5.86. The zero-order valence-electron chi connectivity index (χ0n) is 19.7. The van der Waals surface area contributed by atoms with Crippen molar-refractivity contribution in [2.24, 2.45) is 11.8 Å². The van der Waals surface area contributed by atoms with Crippen molar-refractivity contribution in [2.45, 2.75) is 71.5 Å². The standard InChI is InChI=1S/C25H38N2O4/c1-17-6-7-20(22(28)30-24(2,3)18-8-12-26-13-9-18)21(16-17)23(29)31-25(4,5)19-10-14-27-15-11-19/h6-7,16,18-19,26-27H,8-15H2,1-5H3. The van der Waals surface area contributed by atoms with Crippen LogP contribution in [0.1, 0.15) is 79.7 Å². The number of benzene rings is 1. The topological polar surface area (TPSA) is 76.7 Å². The summed E-state index contributed by atoms with van der Waals surface area (Å²) in [5.41, 5.74) is 0.269. The summed E-state index contributed by atoms with van der Waals surface area (Å²) in [6.45, 7) is 13.5. The summed E-state index contributed by atoms with van der Waals surface area (Å²) in [4.78, 5) is 26.3. The first kappa shape index (κ1) is 23.7. The van der Waals surface area contributed by atoms with Gasteiger partial charge in [0.1, 0.15) is 11.2 Å². The van der Waals surface area contributed by atoms with E-state index in [1.807, 2.05) is 40.7 Å². The molecule has 0 amide bonds. The number of carbonyl (C=O) groups excluding carboxylic acids is 2. The highest BCUT2D eigenvalue weighted by Crippen LogP contribution is 2.32. The van der Waals surface area contributed by atoms with E-state index in [0.717, 1.165) is 57.4 Å². The van der Waals surface area contributed by atoms with Gasteiger partial charge in [-0.2, -0.15) is 0 Å². The highest BCUT2D eigenvalue weighted by atomic mass is 16.6. The van der Waals surface area contributed by atoms with Crippen molar-refractivity contribution in [3.05, 3.63) is 34.9 Å². The lowest BCUT2D eigenvalue weighted by Crippen LogP contribution is -2.43. The number of carbonyl (C=O) groups is 2.